The molecular weight excluding hydrogens is 364 g/mol. The van der Waals surface area contributed by atoms with Gasteiger partial charge in [-0.15, -0.1) is 0 Å². The molecule has 5 atom stereocenters. The highest BCUT2D eigenvalue weighted by Crippen LogP contribution is 2.40. The Hall–Kier alpha value is -1.90. The largest absolute Gasteiger partial charge is 0.416 e. The van der Waals surface area contributed by atoms with Gasteiger partial charge < -0.3 is 15.5 Å². The van der Waals surface area contributed by atoms with Crippen molar-refractivity contribution in [3.63, 3.8) is 0 Å². The van der Waals surface area contributed by atoms with Crippen LogP contribution < -0.4 is 15.5 Å². The van der Waals surface area contributed by atoms with Crippen molar-refractivity contribution >= 4 is 11.7 Å². The lowest BCUT2D eigenvalue weighted by Gasteiger charge is -2.24. The number of anilines is 1. The van der Waals surface area contributed by atoms with E-state index >= 15 is 0 Å². The number of nitrogens with one attached hydrogen (secondary N) is 2. The van der Waals surface area contributed by atoms with Crippen LogP contribution in [-0.4, -0.2) is 48.8 Å². The SMILES string of the molecule is O=C(N[C@H]1CC[C@@H]2CN(c3cc(C(F)(F)F)ccn3)C[C@@H]21)[C@@H]1C[C@@H](F)CN1. The lowest BCUT2D eigenvalue weighted by Crippen LogP contribution is -2.47. The Balaban J connectivity index is 1.40. The number of aromatic nitrogens is 1. The van der Waals surface area contributed by atoms with Crippen LogP contribution in [0.4, 0.5) is 23.4 Å². The van der Waals surface area contributed by atoms with Crippen molar-refractivity contribution in [2.24, 2.45) is 11.8 Å². The van der Waals surface area contributed by atoms with E-state index in [1.807, 2.05) is 4.90 Å². The van der Waals surface area contributed by atoms with Crippen LogP contribution >= 0.6 is 0 Å². The smallest absolute Gasteiger partial charge is 0.356 e. The average molecular weight is 386 g/mol. The molecule has 5 nitrogen and oxygen atoms in total. The van der Waals surface area contributed by atoms with E-state index in [-0.39, 0.29) is 30.8 Å². The minimum atomic E-state index is -4.40. The molecule has 2 N–H and O–H groups in total. The number of carbonyl (C=O) groups excluding carboxylic acids is 1. The summed E-state index contributed by atoms with van der Waals surface area (Å²) < 4.78 is 52.1. The third-order valence-electron chi connectivity index (χ3n) is 5.98. The van der Waals surface area contributed by atoms with Crippen molar-refractivity contribution in [1.29, 1.82) is 0 Å². The van der Waals surface area contributed by atoms with E-state index < -0.39 is 24.0 Å². The zero-order valence-electron chi connectivity index (χ0n) is 14.7. The number of pyridine rings is 1. The molecule has 0 unspecified atom stereocenters. The van der Waals surface area contributed by atoms with Crippen LogP contribution in [0.25, 0.3) is 0 Å². The molecule has 2 saturated heterocycles. The van der Waals surface area contributed by atoms with E-state index in [2.05, 4.69) is 15.6 Å². The van der Waals surface area contributed by atoms with Crippen LogP contribution in [-0.2, 0) is 11.0 Å². The summed E-state index contributed by atoms with van der Waals surface area (Å²) >= 11 is 0. The van der Waals surface area contributed by atoms with Crippen molar-refractivity contribution in [2.45, 2.75) is 43.7 Å². The van der Waals surface area contributed by atoms with Crippen LogP contribution in [0.1, 0.15) is 24.8 Å². The molecule has 1 saturated carbocycles. The van der Waals surface area contributed by atoms with Gasteiger partial charge in [-0.3, -0.25) is 4.79 Å². The normalized spacial score (nSPS) is 33.3. The summed E-state index contributed by atoms with van der Waals surface area (Å²) in [6, 6.07) is 1.52. The first kappa shape index (κ1) is 18.5. The van der Waals surface area contributed by atoms with E-state index in [0.717, 1.165) is 25.0 Å². The number of hydrogen-bond acceptors (Lipinski definition) is 4. The molecule has 1 aromatic rings. The van der Waals surface area contributed by atoms with Gasteiger partial charge in [0.1, 0.15) is 12.0 Å². The standard InChI is InChI=1S/C18H22F4N4O/c19-12-6-15(24-7-12)17(27)25-14-2-1-10-8-26(9-13(10)14)16-5-11(3-4-23-16)18(20,21)22/h3-5,10,12-15,24H,1-2,6-9H2,(H,25,27)/t10-,12-,13+,14+,15+/m1/s1. The molecule has 0 bridgehead atoms. The highest BCUT2D eigenvalue weighted by molar-refractivity contribution is 5.82. The number of fused-ring (bicyclic) bond motifs is 1. The zero-order chi connectivity index (χ0) is 19.2. The van der Waals surface area contributed by atoms with E-state index in [1.165, 1.54) is 6.20 Å². The summed E-state index contributed by atoms with van der Waals surface area (Å²) in [5, 5.41) is 5.91. The molecule has 0 radical (unpaired) electrons. The Bertz CT molecular complexity index is 713. The summed E-state index contributed by atoms with van der Waals surface area (Å²) in [7, 11) is 0. The number of hydrogen-bond donors (Lipinski definition) is 2. The molecule has 1 aliphatic carbocycles. The van der Waals surface area contributed by atoms with Gasteiger partial charge in [0.15, 0.2) is 0 Å². The predicted octanol–water partition coefficient (Wildman–Crippen LogP) is 2.13. The fourth-order valence-corrected chi connectivity index (χ4v) is 4.57. The lowest BCUT2D eigenvalue weighted by molar-refractivity contribution is -0.137. The van der Waals surface area contributed by atoms with E-state index in [1.54, 1.807) is 0 Å². The van der Waals surface area contributed by atoms with E-state index in [4.69, 9.17) is 0 Å². The molecule has 148 valence electrons. The second-order valence-electron chi connectivity index (χ2n) is 7.72. The number of amides is 1. The van der Waals surface area contributed by atoms with Crippen molar-refractivity contribution in [1.82, 2.24) is 15.6 Å². The molecule has 1 amide bonds. The maximum absolute atomic E-state index is 13.3. The third-order valence-corrected chi connectivity index (χ3v) is 5.98. The first-order valence-corrected chi connectivity index (χ1v) is 9.27. The number of carbonyl (C=O) groups is 1. The summed E-state index contributed by atoms with van der Waals surface area (Å²) in [6.07, 6.45) is -2.26. The molecule has 3 fully saturated rings. The van der Waals surface area contributed by atoms with Gasteiger partial charge in [-0.2, -0.15) is 13.2 Å². The maximum Gasteiger partial charge on any atom is 0.416 e. The van der Waals surface area contributed by atoms with Crippen LogP contribution in [0, 0.1) is 11.8 Å². The second kappa shape index (κ2) is 6.92. The second-order valence-corrected chi connectivity index (χ2v) is 7.72. The van der Waals surface area contributed by atoms with Crippen LogP contribution in [0.15, 0.2) is 18.3 Å². The van der Waals surface area contributed by atoms with Crippen LogP contribution in [0.2, 0.25) is 0 Å². The van der Waals surface area contributed by atoms with Gasteiger partial charge >= 0.3 is 6.18 Å². The summed E-state index contributed by atoms with van der Waals surface area (Å²) in [5.41, 5.74) is -0.706. The van der Waals surface area contributed by atoms with Crippen molar-refractivity contribution in [3.05, 3.63) is 23.9 Å². The van der Waals surface area contributed by atoms with Gasteiger partial charge in [0.05, 0.1) is 11.6 Å². The summed E-state index contributed by atoms with van der Waals surface area (Å²) in [5.74, 6) is 0.628. The quantitative estimate of drug-likeness (QED) is 0.782. The molecule has 4 rings (SSSR count). The molecule has 0 spiro atoms. The first-order chi connectivity index (χ1) is 12.8. The molecule has 9 heteroatoms. The summed E-state index contributed by atoms with van der Waals surface area (Å²) in [6.45, 7) is 1.40. The average Bonchev–Trinajstić information content (AvgIpc) is 3.31. The Morgan fingerprint density at radius 1 is 1.30 bits per heavy atom. The Morgan fingerprint density at radius 3 is 2.81 bits per heavy atom. The molecular formula is C18H22F4N4O. The fourth-order valence-electron chi connectivity index (χ4n) is 4.57. The van der Waals surface area contributed by atoms with E-state index in [0.29, 0.717) is 24.8 Å². The maximum atomic E-state index is 13.3. The van der Waals surface area contributed by atoms with Gasteiger partial charge in [0, 0.05) is 44.2 Å². The van der Waals surface area contributed by atoms with Crippen LogP contribution in [0.5, 0.6) is 0 Å². The molecule has 27 heavy (non-hydrogen) atoms. The molecule has 3 aliphatic rings. The Kier molecular flexibility index (Phi) is 4.73. The van der Waals surface area contributed by atoms with Crippen molar-refractivity contribution in [2.75, 3.05) is 24.5 Å². The number of halogens is 4. The fraction of sp³-hybridized carbons (Fsp3) is 0.667. The minimum Gasteiger partial charge on any atom is -0.356 e. The highest BCUT2D eigenvalue weighted by atomic mass is 19.4. The number of alkyl halides is 4. The lowest BCUT2D eigenvalue weighted by atomic mass is 9.97. The molecule has 3 heterocycles. The molecule has 1 aromatic heterocycles. The predicted molar refractivity (Wildman–Crippen MR) is 90.9 cm³/mol. The molecule has 0 aromatic carbocycles. The van der Waals surface area contributed by atoms with Crippen molar-refractivity contribution in [3.8, 4) is 0 Å². The van der Waals surface area contributed by atoms with Gasteiger partial charge in [0.2, 0.25) is 5.91 Å². The first-order valence-electron chi connectivity index (χ1n) is 9.27. The van der Waals surface area contributed by atoms with Crippen LogP contribution in [0.3, 0.4) is 0 Å². The van der Waals surface area contributed by atoms with Gasteiger partial charge in [-0.05, 0) is 30.9 Å². The number of rotatable bonds is 3. The topological polar surface area (TPSA) is 57.3 Å². The van der Waals surface area contributed by atoms with Gasteiger partial charge in [0.25, 0.3) is 0 Å². The third kappa shape index (κ3) is 3.74. The highest BCUT2D eigenvalue weighted by Gasteiger charge is 2.44. The van der Waals surface area contributed by atoms with Gasteiger partial charge in [-0.1, -0.05) is 0 Å². The number of nitrogens with zero attached hydrogens (tertiary/aromatic N) is 2. The molecule has 2 aliphatic heterocycles. The Morgan fingerprint density at radius 2 is 2.11 bits per heavy atom. The van der Waals surface area contributed by atoms with E-state index in [9.17, 15) is 22.4 Å². The summed E-state index contributed by atoms with van der Waals surface area (Å²) in [4.78, 5) is 18.3. The minimum absolute atomic E-state index is 0.0289. The van der Waals surface area contributed by atoms with Gasteiger partial charge in [-0.25, -0.2) is 9.37 Å². The monoisotopic (exact) mass is 386 g/mol. The Labute approximate surface area is 154 Å². The van der Waals surface area contributed by atoms with Crippen molar-refractivity contribution < 1.29 is 22.4 Å². The zero-order valence-corrected chi connectivity index (χ0v) is 14.7.